The molecule has 3 aliphatic heterocycles. The standard InChI is InChI=1S/C41H48FN7O6/c1-27(2)22-34-40(52)49-19-7-10-35(49)41(53)47(3)36(23-29-8-5-4-6-9-29)39(51)43-18-17-28-11-14-32(15-12-28)54-21-20-48-25-31(45-46-48)26-55-37-24-30(42)13-16-33(37)38(50)44-34/h4-6,8-9,11-16,24-25,27,34-36H,7,10,17-23,26H2,1-3H3,(H,43,51)(H,44,50)/t34-,35-,36+/m1/s1. The third-order valence-electron chi connectivity index (χ3n) is 9.90. The molecular weight excluding hydrogens is 705 g/mol. The molecule has 0 spiro atoms. The number of benzene rings is 3. The van der Waals surface area contributed by atoms with Crippen molar-refractivity contribution in [2.24, 2.45) is 5.92 Å². The van der Waals surface area contributed by atoms with Gasteiger partial charge in [-0.1, -0.05) is 61.5 Å². The second kappa shape index (κ2) is 18.0. The van der Waals surface area contributed by atoms with E-state index in [1.54, 1.807) is 17.9 Å². The highest BCUT2D eigenvalue weighted by Crippen LogP contribution is 2.25. The van der Waals surface area contributed by atoms with E-state index in [9.17, 15) is 23.6 Å². The number of nitrogens with one attached hydrogen (secondary N) is 2. The van der Waals surface area contributed by atoms with Crippen LogP contribution in [0.1, 0.15) is 60.3 Å². The highest BCUT2D eigenvalue weighted by atomic mass is 19.1. The summed E-state index contributed by atoms with van der Waals surface area (Å²) in [5, 5.41) is 14.2. The van der Waals surface area contributed by atoms with Crippen LogP contribution in [0.2, 0.25) is 0 Å². The minimum atomic E-state index is -0.980. The molecule has 4 aromatic rings. The zero-order valence-electron chi connectivity index (χ0n) is 31.4. The van der Waals surface area contributed by atoms with Crippen LogP contribution in [0.25, 0.3) is 0 Å². The van der Waals surface area contributed by atoms with Crippen molar-refractivity contribution in [1.82, 2.24) is 35.4 Å². The van der Waals surface area contributed by atoms with E-state index in [0.717, 1.165) is 23.3 Å². The third kappa shape index (κ3) is 10.0. The van der Waals surface area contributed by atoms with Crippen LogP contribution in [0.15, 0.2) is 79.0 Å². The number of halogens is 1. The molecule has 1 aromatic heterocycles. The number of hydrogen-bond acceptors (Lipinski definition) is 8. The predicted octanol–water partition coefficient (Wildman–Crippen LogP) is 3.95. The van der Waals surface area contributed by atoms with Crippen molar-refractivity contribution < 1.29 is 33.0 Å². The number of amides is 4. The maximum absolute atomic E-state index is 14.5. The molecule has 2 N–H and O–H groups in total. The van der Waals surface area contributed by atoms with Gasteiger partial charge in [-0.25, -0.2) is 9.07 Å². The van der Waals surface area contributed by atoms with Crippen LogP contribution >= 0.6 is 0 Å². The Kier molecular flexibility index (Phi) is 12.8. The summed E-state index contributed by atoms with van der Waals surface area (Å²) in [6.45, 7) is 5.17. The highest BCUT2D eigenvalue weighted by Gasteiger charge is 2.41. The molecule has 3 atom stereocenters. The van der Waals surface area contributed by atoms with E-state index in [2.05, 4.69) is 20.9 Å². The maximum atomic E-state index is 14.5. The lowest BCUT2D eigenvalue weighted by Gasteiger charge is -2.34. The number of hydrogen-bond donors (Lipinski definition) is 2. The first kappa shape index (κ1) is 38.9. The molecule has 290 valence electrons. The van der Waals surface area contributed by atoms with Gasteiger partial charge in [0, 0.05) is 32.6 Å². The fraction of sp³-hybridized carbons (Fsp3) is 0.415. The van der Waals surface area contributed by atoms with E-state index in [0.29, 0.717) is 63.4 Å². The van der Waals surface area contributed by atoms with E-state index in [4.69, 9.17) is 9.47 Å². The molecule has 55 heavy (non-hydrogen) atoms. The quantitative estimate of drug-likeness (QED) is 0.319. The molecule has 1 fully saturated rings. The van der Waals surface area contributed by atoms with Crippen molar-refractivity contribution in [3.63, 3.8) is 0 Å². The molecular formula is C41H48FN7O6. The van der Waals surface area contributed by atoms with Gasteiger partial charge in [0.05, 0.1) is 18.3 Å². The molecule has 1 saturated heterocycles. The smallest absolute Gasteiger partial charge is 0.255 e. The first-order valence-corrected chi connectivity index (χ1v) is 18.8. The monoisotopic (exact) mass is 753 g/mol. The lowest BCUT2D eigenvalue weighted by atomic mass is 10.0. The predicted molar refractivity (Wildman–Crippen MR) is 202 cm³/mol. The Hall–Kier alpha value is -5.79. The van der Waals surface area contributed by atoms with E-state index in [-0.39, 0.29) is 42.1 Å². The fourth-order valence-corrected chi connectivity index (χ4v) is 6.97. The molecule has 4 bridgehead atoms. The molecule has 3 aromatic carbocycles. The summed E-state index contributed by atoms with van der Waals surface area (Å²) in [5.74, 6) is -1.63. The molecule has 0 aliphatic carbocycles. The van der Waals surface area contributed by atoms with Gasteiger partial charge in [-0.05, 0) is 67.0 Å². The van der Waals surface area contributed by atoms with Crippen molar-refractivity contribution in [2.75, 3.05) is 26.7 Å². The summed E-state index contributed by atoms with van der Waals surface area (Å²) in [4.78, 5) is 59.3. The van der Waals surface area contributed by atoms with Crippen LogP contribution in [0.3, 0.4) is 0 Å². The number of fused-ring (bicyclic) bond motifs is 14. The molecule has 4 amide bonds. The lowest BCUT2D eigenvalue weighted by Crippen LogP contribution is -2.57. The Morgan fingerprint density at radius 2 is 1.73 bits per heavy atom. The number of carbonyl (C=O) groups excluding carboxylic acids is 4. The van der Waals surface area contributed by atoms with Gasteiger partial charge in [-0.3, -0.25) is 19.2 Å². The van der Waals surface area contributed by atoms with E-state index in [1.807, 2.05) is 68.4 Å². The van der Waals surface area contributed by atoms with Crippen LogP contribution in [0, 0.1) is 11.7 Å². The van der Waals surface area contributed by atoms with Crippen molar-refractivity contribution >= 4 is 23.6 Å². The van der Waals surface area contributed by atoms with E-state index >= 15 is 0 Å². The summed E-state index contributed by atoms with van der Waals surface area (Å²) in [6, 6.07) is 18.0. The fourth-order valence-electron chi connectivity index (χ4n) is 6.97. The number of carbonyl (C=O) groups is 4. The number of likely N-dealkylation sites (N-methyl/N-ethyl adjacent to an activating group) is 1. The average Bonchev–Trinajstić information content (AvgIpc) is 3.86. The number of rotatable bonds is 4. The first-order chi connectivity index (χ1) is 26.5. The Balaban J connectivity index is 1.29. The van der Waals surface area contributed by atoms with Crippen LogP contribution in [-0.4, -0.2) is 93.3 Å². The van der Waals surface area contributed by atoms with E-state index in [1.165, 1.54) is 15.9 Å². The normalized spacial score (nSPS) is 20.6. The summed E-state index contributed by atoms with van der Waals surface area (Å²) < 4.78 is 27.9. The SMILES string of the molecule is CC(C)C[C@H]1NC(=O)c2ccc(F)cc2OCc2cn(nn2)CCOc2ccc(cc2)CCNC(=O)[C@H](Cc2ccccc2)N(C)C(=O)[C@H]2CCCN2C1=O. The second-order valence-corrected chi connectivity index (χ2v) is 14.4. The van der Waals surface area contributed by atoms with E-state index < -0.39 is 35.8 Å². The van der Waals surface area contributed by atoms with Crippen LogP contribution in [0.4, 0.5) is 4.39 Å². The zero-order chi connectivity index (χ0) is 38.9. The average molecular weight is 754 g/mol. The summed E-state index contributed by atoms with van der Waals surface area (Å²) >= 11 is 0. The minimum Gasteiger partial charge on any atom is -0.492 e. The Bertz CT molecular complexity index is 1950. The maximum Gasteiger partial charge on any atom is 0.255 e. The third-order valence-corrected chi connectivity index (χ3v) is 9.90. The summed E-state index contributed by atoms with van der Waals surface area (Å²) in [5.41, 5.74) is 2.38. The molecule has 14 heteroatoms. The first-order valence-electron chi connectivity index (χ1n) is 18.8. The van der Waals surface area contributed by atoms with Gasteiger partial charge in [0.15, 0.2) is 0 Å². The minimum absolute atomic E-state index is 0.00654. The molecule has 4 heterocycles. The molecule has 0 unspecified atom stereocenters. The van der Waals surface area contributed by atoms with Gasteiger partial charge in [0.1, 0.15) is 54.3 Å². The van der Waals surface area contributed by atoms with Crippen LogP contribution in [-0.2, 0) is 40.4 Å². The lowest BCUT2D eigenvalue weighted by molar-refractivity contribution is -0.147. The van der Waals surface area contributed by atoms with Crippen molar-refractivity contribution in [2.45, 2.75) is 77.2 Å². The van der Waals surface area contributed by atoms with Crippen molar-refractivity contribution in [3.05, 3.63) is 107 Å². The zero-order valence-corrected chi connectivity index (χ0v) is 31.4. The number of aromatic nitrogens is 3. The van der Waals surface area contributed by atoms with Gasteiger partial charge in [-0.15, -0.1) is 5.10 Å². The van der Waals surface area contributed by atoms with Gasteiger partial charge in [0.2, 0.25) is 17.7 Å². The van der Waals surface area contributed by atoms with Gasteiger partial charge in [0.25, 0.3) is 5.91 Å². The van der Waals surface area contributed by atoms with Crippen LogP contribution in [0.5, 0.6) is 11.5 Å². The molecule has 3 aliphatic rings. The van der Waals surface area contributed by atoms with Crippen molar-refractivity contribution in [1.29, 1.82) is 0 Å². The van der Waals surface area contributed by atoms with Gasteiger partial charge >= 0.3 is 0 Å². The number of nitrogens with zero attached hydrogens (tertiary/aromatic N) is 5. The Morgan fingerprint density at radius 3 is 2.49 bits per heavy atom. The summed E-state index contributed by atoms with van der Waals surface area (Å²) in [6.07, 6.45) is 3.82. The number of ether oxygens (including phenoxy) is 2. The van der Waals surface area contributed by atoms with Crippen LogP contribution < -0.4 is 20.1 Å². The highest BCUT2D eigenvalue weighted by molar-refractivity contribution is 6.00. The molecule has 0 radical (unpaired) electrons. The largest absolute Gasteiger partial charge is 0.492 e. The Morgan fingerprint density at radius 1 is 0.945 bits per heavy atom. The molecule has 13 nitrogen and oxygen atoms in total. The van der Waals surface area contributed by atoms with Gasteiger partial charge < -0.3 is 29.9 Å². The topological polar surface area (TPSA) is 148 Å². The Labute approximate surface area is 320 Å². The second-order valence-electron chi connectivity index (χ2n) is 14.4. The summed E-state index contributed by atoms with van der Waals surface area (Å²) in [7, 11) is 1.61. The van der Waals surface area contributed by atoms with Crippen molar-refractivity contribution in [3.8, 4) is 11.5 Å². The molecule has 0 saturated carbocycles. The van der Waals surface area contributed by atoms with Gasteiger partial charge in [-0.2, -0.15) is 0 Å². The molecule has 7 rings (SSSR count).